The molecule has 2 aromatic rings. The van der Waals surface area contributed by atoms with Crippen molar-refractivity contribution in [2.75, 3.05) is 6.54 Å². The second-order valence-electron chi connectivity index (χ2n) is 4.70. The summed E-state index contributed by atoms with van der Waals surface area (Å²) in [6.07, 6.45) is 6.41. The molecule has 5 heteroatoms. The molecular weight excluding hydrogens is 278 g/mol. The molecule has 0 aliphatic rings. The Bertz CT molecular complexity index is 754. The summed E-state index contributed by atoms with van der Waals surface area (Å²) in [5.41, 5.74) is 2.74. The number of aldehydes is 1. The molecule has 1 heterocycles. The van der Waals surface area contributed by atoms with Crippen LogP contribution in [0.5, 0.6) is 0 Å². The van der Waals surface area contributed by atoms with E-state index in [2.05, 4.69) is 15.3 Å². The van der Waals surface area contributed by atoms with Crippen molar-refractivity contribution in [3.8, 4) is 0 Å². The molecule has 1 N–H and O–H groups in total. The predicted octanol–water partition coefficient (Wildman–Crippen LogP) is 3.59. The Balaban J connectivity index is 2.24. The Labute approximate surface area is 129 Å². The monoisotopic (exact) mass is 297 g/mol. The third-order valence-electron chi connectivity index (χ3n) is 2.98. The zero-order chi connectivity index (χ0) is 15.9. The third-order valence-corrected chi connectivity index (χ3v) is 2.98. The van der Waals surface area contributed by atoms with Crippen LogP contribution in [0.15, 0.2) is 46.0 Å². The zero-order valence-electron chi connectivity index (χ0n) is 13.0. The van der Waals surface area contributed by atoms with Crippen LogP contribution in [0.3, 0.4) is 0 Å². The summed E-state index contributed by atoms with van der Waals surface area (Å²) in [4.78, 5) is 19.5. The molecule has 0 radical (unpaired) electrons. The number of nitrogens with zero attached hydrogens (tertiary/aromatic N) is 2. The van der Waals surface area contributed by atoms with Crippen molar-refractivity contribution in [1.29, 1.82) is 0 Å². The molecule has 0 aliphatic carbocycles. The molecule has 1 aromatic carbocycles. The lowest BCUT2D eigenvalue weighted by molar-refractivity contribution is 0.112. The van der Waals surface area contributed by atoms with Crippen LogP contribution >= 0.6 is 0 Å². The molecule has 114 valence electrons. The maximum absolute atomic E-state index is 10.8. The van der Waals surface area contributed by atoms with E-state index in [0.29, 0.717) is 23.6 Å². The molecule has 22 heavy (non-hydrogen) atoms. The van der Waals surface area contributed by atoms with Crippen molar-refractivity contribution in [1.82, 2.24) is 10.3 Å². The summed E-state index contributed by atoms with van der Waals surface area (Å²) in [6, 6.07) is 5.18. The van der Waals surface area contributed by atoms with Crippen molar-refractivity contribution >= 4 is 28.8 Å². The normalized spacial score (nSPS) is 13.0. The minimum Gasteiger partial charge on any atom is -0.436 e. The number of allylic oxidation sites excluding steroid dienone is 2. The van der Waals surface area contributed by atoms with Gasteiger partial charge in [0.2, 0.25) is 5.89 Å². The summed E-state index contributed by atoms with van der Waals surface area (Å²) in [5.74, 6) is 1.30. The molecule has 0 spiro atoms. The summed E-state index contributed by atoms with van der Waals surface area (Å²) >= 11 is 0. The van der Waals surface area contributed by atoms with Crippen molar-refractivity contribution in [2.45, 2.75) is 20.8 Å². The number of fused-ring (bicyclic) bond motifs is 1. The molecule has 0 aliphatic heterocycles. The van der Waals surface area contributed by atoms with Gasteiger partial charge >= 0.3 is 0 Å². The van der Waals surface area contributed by atoms with E-state index < -0.39 is 0 Å². The van der Waals surface area contributed by atoms with Crippen LogP contribution in [0, 0.1) is 0 Å². The number of carbonyl (C=O) groups excluding carboxylic acids is 1. The lowest BCUT2D eigenvalue weighted by Gasteiger charge is -2.01. The molecule has 5 nitrogen and oxygen atoms in total. The van der Waals surface area contributed by atoms with E-state index in [1.54, 1.807) is 24.4 Å². The quantitative estimate of drug-likeness (QED) is 0.520. The smallest absolute Gasteiger partial charge is 0.224 e. The number of rotatable bonds is 5. The van der Waals surface area contributed by atoms with Gasteiger partial charge in [0.1, 0.15) is 17.6 Å². The number of amidine groups is 1. The minimum atomic E-state index is 0.516. The molecule has 0 atom stereocenters. The molecule has 0 bridgehead atoms. The molecule has 1 aromatic heterocycles. The minimum absolute atomic E-state index is 0.516. The molecule has 0 fully saturated rings. The van der Waals surface area contributed by atoms with E-state index in [4.69, 9.17) is 4.42 Å². The average molecular weight is 297 g/mol. The van der Waals surface area contributed by atoms with Gasteiger partial charge in [-0.2, -0.15) is 0 Å². The molecule has 0 saturated carbocycles. The summed E-state index contributed by atoms with van der Waals surface area (Å²) in [6.45, 7) is 6.52. The van der Waals surface area contributed by atoms with Crippen molar-refractivity contribution in [2.24, 2.45) is 4.99 Å². The van der Waals surface area contributed by atoms with Gasteiger partial charge in [0.05, 0.1) is 0 Å². The van der Waals surface area contributed by atoms with Crippen LogP contribution in [0.25, 0.3) is 16.7 Å². The highest BCUT2D eigenvalue weighted by Gasteiger charge is 2.08. The first-order valence-electron chi connectivity index (χ1n) is 7.14. The number of benzene rings is 1. The van der Waals surface area contributed by atoms with Crippen LogP contribution in [0.1, 0.15) is 37.0 Å². The van der Waals surface area contributed by atoms with Gasteiger partial charge in [-0.05, 0) is 45.0 Å². The number of nitrogens with one attached hydrogen (secondary N) is 1. The number of aliphatic imine (C=N–C) groups is 1. The lowest BCUT2D eigenvalue weighted by Crippen LogP contribution is -2.15. The van der Waals surface area contributed by atoms with Gasteiger partial charge in [0, 0.05) is 23.9 Å². The summed E-state index contributed by atoms with van der Waals surface area (Å²) in [7, 11) is 0. The Kier molecular flexibility index (Phi) is 5.25. The topological polar surface area (TPSA) is 67.5 Å². The number of hydrogen-bond acceptors (Lipinski definition) is 4. The molecule has 0 amide bonds. The molecule has 2 rings (SSSR count). The van der Waals surface area contributed by atoms with E-state index in [0.717, 1.165) is 23.2 Å². The number of carbonyl (C=O) groups is 1. The first-order chi connectivity index (χ1) is 10.7. The van der Waals surface area contributed by atoms with Gasteiger partial charge in [-0.3, -0.25) is 9.79 Å². The Hall–Kier alpha value is -2.69. The number of oxazole rings is 1. The van der Waals surface area contributed by atoms with Crippen molar-refractivity contribution < 1.29 is 9.21 Å². The van der Waals surface area contributed by atoms with Crippen LogP contribution in [-0.4, -0.2) is 23.7 Å². The number of aromatic nitrogens is 1. The van der Waals surface area contributed by atoms with E-state index in [9.17, 15) is 4.79 Å². The van der Waals surface area contributed by atoms with Crippen LogP contribution in [0.4, 0.5) is 0 Å². The zero-order valence-corrected chi connectivity index (χ0v) is 13.0. The highest BCUT2D eigenvalue weighted by Crippen LogP contribution is 2.21. The SMILES string of the molecule is C/C=C\C(=NCC)N/C=C(\C)c1nc2ccc(C=O)cc2o1. The molecule has 0 unspecified atom stereocenters. The van der Waals surface area contributed by atoms with Gasteiger partial charge in [0.25, 0.3) is 0 Å². The van der Waals surface area contributed by atoms with E-state index in [1.165, 1.54) is 0 Å². The van der Waals surface area contributed by atoms with Crippen molar-refractivity contribution in [3.63, 3.8) is 0 Å². The van der Waals surface area contributed by atoms with Crippen molar-refractivity contribution in [3.05, 3.63) is 48.0 Å². The van der Waals surface area contributed by atoms with Crippen LogP contribution in [0.2, 0.25) is 0 Å². The Morgan fingerprint density at radius 2 is 2.27 bits per heavy atom. The molecular formula is C17H19N3O2. The van der Waals surface area contributed by atoms with Crippen LogP contribution in [-0.2, 0) is 0 Å². The van der Waals surface area contributed by atoms with Gasteiger partial charge in [0.15, 0.2) is 5.58 Å². The number of hydrogen-bond donors (Lipinski definition) is 1. The summed E-state index contributed by atoms with van der Waals surface area (Å²) in [5, 5.41) is 3.13. The second-order valence-corrected chi connectivity index (χ2v) is 4.70. The predicted molar refractivity (Wildman–Crippen MR) is 89.0 cm³/mol. The fourth-order valence-electron chi connectivity index (χ4n) is 1.90. The molecule has 0 saturated heterocycles. The maximum Gasteiger partial charge on any atom is 0.224 e. The van der Waals surface area contributed by atoms with Crippen LogP contribution < -0.4 is 5.32 Å². The highest BCUT2D eigenvalue weighted by molar-refractivity contribution is 5.94. The van der Waals surface area contributed by atoms with E-state index in [-0.39, 0.29) is 0 Å². The van der Waals surface area contributed by atoms with Gasteiger partial charge in [-0.25, -0.2) is 4.98 Å². The fourth-order valence-corrected chi connectivity index (χ4v) is 1.90. The Morgan fingerprint density at radius 1 is 1.45 bits per heavy atom. The summed E-state index contributed by atoms with van der Waals surface area (Å²) < 4.78 is 5.69. The Morgan fingerprint density at radius 3 is 2.95 bits per heavy atom. The van der Waals surface area contributed by atoms with Gasteiger partial charge < -0.3 is 9.73 Å². The third kappa shape index (κ3) is 3.69. The largest absolute Gasteiger partial charge is 0.436 e. The first kappa shape index (κ1) is 15.7. The second kappa shape index (κ2) is 7.36. The van der Waals surface area contributed by atoms with Gasteiger partial charge in [-0.15, -0.1) is 0 Å². The van der Waals surface area contributed by atoms with Gasteiger partial charge in [-0.1, -0.05) is 6.08 Å². The maximum atomic E-state index is 10.8. The fraction of sp³-hybridized carbons (Fsp3) is 0.235. The standard InChI is InChI=1S/C17H19N3O2/c1-4-6-16(18-5-2)19-10-12(3)17-20-14-8-7-13(11-21)9-15(14)22-17/h4,6-11H,5H2,1-3H3,(H,18,19)/b6-4-,12-10+. The van der Waals surface area contributed by atoms with E-state index >= 15 is 0 Å². The first-order valence-corrected chi connectivity index (χ1v) is 7.14. The average Bonchev–Trinajstić information content (AvgIpc) is 2.95. The van der Waals surface area contributed by atoms with E-state index in [1.807, 2.05) is 32.9 Å². The lowest BCUT2D eigenvalue weighted by atomic mass is 10.2. The highest BCUT2D eigenvalue weighted by atomic mass is 16.3.